The van der Waals surface area contributed by atoms with Crippen LogP contribution in [-0.4, -0.2) is 26.2 Å². The van der Waals surface area contributed by atoms with Crippen molar-refractivity contribution in [1.29, 1.82) is 0 Å². The van der Waals surface area contributed by atoms with Gasteiger partial charge in [-0.1, -0.05) is 5.16 Å². The van der Waals surface area contributed by atoms with Gasteiger partial charge in [-0.3, -0.25) is 0 Å². The van der Waals surface area contributed by atoms with Crippen LogP contribution in [0.15, 0.2) is 17.0 Å². The number of aryl methyl sites for hydroxylation is 2. The number of rotatable bonds is 5. The van der Waals surface area contributed by atoms with Crippen LogP contribution in [0.2, 0.25) is 0 Å². The number of nitrogens with one attached hydrogen (secondary N) is 1. The summed E-state index contributed by atoms with van der Waals surface area (Å²) in [5.41, 5.74) is 2.36. The van der Waals surface area contributed by atoms with Crippen molar-refractivity contribution in [1.82, 2.24) is 20.4 Å². The average molecular weight is 276 g/mol. The van der Waals surface area contributed by atoms with Crippen LogP contribution in [0.1, 0.15) is 46.0 Å². The second-order valence-electron chi connectivity index (χ2n) is 4.53. The summed E-state index contributed by atoms with van der Waals surface area (Å²) in [6.07, 6.45) is 2.64. The quantitative estimate of drug-likeness (QED) is 0.855. The maximum Gasteiger partial charge on any atom is 0.339 e. The van der Waals surface area contributed by atoms with E-state index in [1.54, 1.807) is 0 Å². The molecule has 2 aromatic rings. The second kappa shape index (κ2) is 5.79. The first-order valence-corrected chi connectivity index (χ1v) is 6.19. The molecule has 0 amide bonds. The molecular formula is C13H16N4O3. The Kier molecular flexibility index (Phi) is 4.09. The molecule has 0 fully saturated rings. The topological polar surface area (TPSA) is 101 Å². The molecule has 0 aromatic carbocycles. The van der Waals surface area contributed by atoms with Crippen LogP contribution >= 0.6 is 0 Å². The predicted molar refractivity (Wildman–Crippen MR) is 70.2 cm³/mol. The van der Waals surface area contributed by atoms with Crippen LogP contribution in [-0.2, 0) is 6.54 Å². The van der Waals surface area contributed by atoms with Gasteiger partial charge in [0.1, 0.15) is 17.7 Å². The summed E-state index contributed by atoms with van der Waals surface area (Å²) in [7, 11) is 0. The molecule has 2 aromatic heterocycles. The number of carboxylic acids is 1. The van der Waals surface area contributed by atoms with E-state index in [-0.39, 0.29) is 11.6 Å². The summed E-state index contributed by atoms with van der Waals surface area (Å²) in [4.78, 5) is 18.8. The van der Waals surface area contributed by atoms with Gasteiger partial charge in [0.2, 0.25) is 0 Å². The highest BCUT2D eigenvalue weighted by Crippen LogP contribution is 2.21. The zero-order chi connectivity index (χ0) is 14.7. The van der Waals surface area contributed by atoms with Gasteiger partial charge in [-0.15, -0.1) is 0 Å². The summed E-state index contributed by atoms with van der Waals surface area (Å²) < 4.78 is 5.12. The molecule has 106 valence electrons. The number of nitrogens with zero attached hydrogens (tertiary/aromatic N) is 3. The van der Waals surface area contributed by atoms with Gasteiger partial charge in [-0.2, -0.15) is 0 Å². The number of carboxylic acid groups (broad SMARTS) is 1. The zero-order valence-electron chi connectivity index (χ0n) is 11.5. The minimum absolute atomic E-state index is 0.0159. The van der Waals surface area contributed by atoms with E-state index in [2.05, 4.69) is 20.4 Å². The lowest BCUT2D eigenvalue weighted by Gasteiger charge is -2.14. The van der Waals surface area contributed by atoms with Crippen LogP contribution in [0, 0.1) is 13.8 Å². The number of hydrogen-bond acceptors (Lipinski definition) is 6. The lowest BCUT2D eigenvalue weighted by Crippen LogP contribution is -2.21. The van der Waals surface area contributed by atoms with E-state index >= 15 is 0 Å². The first kappa shape index (κ1) is 14.1. The van der Waals surface area contributed by atoms with E-state index in [1.807, 2.05) is 20.8 Å². The van der Waals surface area contributed by atoms with Gasteiger partial charge in [0.15, 0.2) is 0 Å². The molecule has 0 aliphatic heterocycles. The second-order valence-corrected chi connectivity index (χ2v) is 4.53. The fourth-order valence-corrected chi connectivity index (χ4v) is 2.13. The molecule has 7 heteroatoms. The first-order chi connectivity index (χ1) is 9.50. The highest BCUT2D eigenvalue weighted by atomic mass is 16.5. The fourth-order valence-electron chi connectivity index (χ4n) is 2.13. The molecular weight excluding hydrogens is 260 g/mol. The molecule has 2 N–H and O–H groups in total. The lowest BCUT2D eigenvalue weighted by atomic mass is 10.1. The number of aromatic nitrogens is 3. The van der Waals surface area contributed by atoms with Gasteiger partial charge in [0.05, 0.1) is 11.4 Å². The van der Waals surface area contributed by atoms with Crippen molar-refractivity contribution in [3.05, 3.63) is 40.8 Å². The van der Waals surface area contributed by atoms with Crippen LogP contribution in [0.5, 0.6) is 0 Å². The molecule has 7 nitrogen and oxygen atoms in total. The Bertz CT molecular complexity index is 604. The van der Waals surface area contributed by atoms with Gasteiger partial charge in [0, 0.05) is 24.3 Å². The zero-order valence-corrected chi connectivity index (χ0v) is 11.5. The molecule has 0 radical (unpaired) electrons. The van der Waals surface area contributed by atoms with Gasteiger partial charge >= 0.3 is 5.97 Å². The SMILES string of the molecule is Cc1noc(C)c1C(C)NCc1ncncc1C(=O)O. The van der Waals surface area contributed by atoms with Gasteiger partial charge in [-0.25, -0.2) is 14.8 Å². The molecule has 0 aliphatic rings. The van der Waals surface area contributed by atoms with Gasteiger partial charge < -0.3 is 14.9 Å². The average Bonchev–Trinajstić information content (AvgIpc) is 2.76. The third kappa shape index (κ3) is 2.83. The predicted octanol–water partition coefficient (Wildman–Crippen LogP) is 1.63. The summed E-state index contributed by atoms with van der Waals surface area (Å²) >= 11 is 0. The van der Waals surface area contributed by atoms with Gasteiger partial charge in [-0.05, 0) is 20.8 Å². The van der Waals surface area contributed by atoms with Crippen molar-refractivity contribution >= 4 is 5.97 Å². The summed E-state index contributed by atoms with van der Waals surface area (Å²) in [5.74, 6) is -0.281. The Morgan fingerprint density at radius 2 is 2.25 bits per heavy atom. The molecule has 0 spiro atoms. The Balaban J connectivity index is 2.11. The molecule has 0 saturated heterocycles. The number of aromatic carboxylic acids is 1. The summed E-state index contributed by atoms with van der Waals surface area (Å²) in [6, 6.07) is -0.0159. The van der Waals surface area contributed by atoms with Crippen LogP contribution < -0.4 is 5.32 Å². The maximum absolute atomic E-state index is 11.1. The van der Waals surface area contributed by atoms with Crippen molar-refractivity contribution in [2.45, 2.75) is 33.4 Å². The fraction of sp³-hybridized carbons (Fsp3) is 0.385. The Morgan fingerprint density at radius 3 is 2.85 bits per heavy atom. The third-order valence-electron chi connectivity index (χ3n) is 3.12. The Hall–Kier alpha value is -2.28. The molecule has 0 saturated carbocycles. The minimum Gasteiger partial charge on any atom is -0.478 e. The lowest BCUT2D eigenvalue weighted by molar-refractivity contribution is 0.0694. The van der Waals surface area contributed by atoms with E-state index < -0.39 is 5.97 Å². The normalized spacial score (nSPS) is 12.3. The molecule has 2 heterocycles. The van der Waals surface area contributed by atoms with Crippen LogP contribution in [0.3, 0.4) is 0 Å². The molecule has 2 rings (SSSR count). The summed E-state index contributed by atoms with van der Waals surface area (Å²) in [6.45, 7) is 6.02. The summed E-state index contributed by atoms with van der Waals surface area (Å²) in [5, 5.41) is 16.2. The monoisotopic (exact) mass is 276 g/mol. The first-order valence-electron chi connectivity index (χ1n) is 6.19. The van der Waals surface area contributed by atoms with Gasteiger partial charge in [0.25, 0.3) is 0 Å². The van der Waals surface area contributed by atoms with E-state index in [9.17, 15) is 4.79 Å². The molecule has 0 bridgehead atoms. The highest BCUT2D eigenvalue weighted by Gasteiger charge is 2.17. The van der Waals surface area contributed by atoms with Crippen LogP contribution in [0.4, 0.5) is 0 Å². The maximum atomic E-state index is 11.1. The smallest absolute Gasteiger partial charge is 0.339 e. The van der Waals surface area contributed by atoms with Crippen LogP contribution in [0.25, 0.3) is 0 Å². The molecule has 20 heavy (non-hydrogen) atoms. The molecule has 1 unspecified atom stereocenters. The Labute approximate surface area is 116 Å². The number of carbonyl (C=O) groups is 1. The van der Waals surface area contributed by atoms with Crippen molar-refractivity contribution < 1.29 is 14.4 Å². The third-order valence-corrected chi connectivity index (χ3v) is 3.12. The molecule has 1 atom stereocenters. The van der Waals surface area contributed by atoms with E-state index in [0.29, 0.717) is 12.2 Å². The van der Waals surface area contributed by atoms with Crippen molar-refractivity contribution in [2.24, 2.45) is 0 Å². The standard InChI is InChI=1S/C13H16N4O3/c1-7(12-8(2)17-20-9(12)3)15-5-11-10(13(18)19)4-14-6-16-11/h4,6-7,15H,5H2,1-3H3,(H,18,19). The van der Waals surface area contributed by atoms with Crippen molar-refractivity contribution in [3.8, 4) is 0 Å². The molecule has 0 aliphatic carbocycles. The van der Waals surface area contributed by atoms with Crippen molar-refractivity contribution in [2.75, 3.05) is 0 Å². The highest BCUT2D eigenvalue weighted by molar-refractivity contribution is 5.88. The van der Waals surface area contributed by atoms with E-state index in [4.69, 9.17) is 9.63 Å². The Morgan fingerprint density at radius 1 is 1.50 bits per heavy atom. The van der Waals surface area contributed by atoms with E-state index in [0.717, 1.165) is 17.0 Å². The van der Waals surface area contributed by atoms with Crippen molar-refractivity contribution in [3.63, 3.8) is 0 Å². The van der Waals surface area contributed by atoms with E-state index in [1.165, 1.54) is 12.5 Å². The largest absolute Gasteiger partial charge is 0.478 e. The number of hydrogen-bond donors (Lipinski definition) is 2. The minimum atomic E-state index is -1.03.